The van der Waals surface area contributed by atoms with Crippen LogP contribution < -0.4 is 0 Å². The zero-order valence-electron chi connectivity index (χ0n) is 6.67. The highest BCUT2D eigenvalue weighted by molar-refractivity contribution is 6.17. The van der Waals surface area contributed by atoms with Crippen molar-refractivity contribution in [2.75, 3.05) is 33.3 Å². The van der Waals surface area contributed by atoms with Crippen LogP contribution in [0.1, 0.15) is 0 Å². The third-order valence-electron chi connectivity index (χ3n) is 0.931. The average molecular weight is 182 g/mol. The number of likely N-dealkylation sites (N-methyl/N-ethyl adjacent to an activating group) is 1. The molecule has 0 radical (unpaired) electrons. The molecule has 0 rings (SSSR count). The van der Waals surface area contributed by atoms with Crippen LogP contribution in [0.4, 0.5) is 4.79 Å². The van der Waals surface area contributed by atoms with Crippen molar-refractivity contribution in [2.45, 2.75) is 0 Å². The monoisotopic (exact) mass is 181 g/mol. The van der Waals surface area contributed by atoms with Crippen LogP contribution in [-0.4, -0.2) is 44.4 Å². The Hall–Kier alpha value is -0.480. The Morgan fingerprint density at radius 2 is 2.09 bits per heavy atom. The molecular weight excluding hydrogens is 170 g/mol. The fraction of sp³-hybridized carbons (Fsp3) is 0.833. The summed E-state index contributed by atoms with van der Waals surface area (Å²) in [7, 11) is 3.77. The molecule has 0 amide bonds. The maximum absolute atomic E-state index is 10.5. The van der Waals surface area contributed by atoms with Gasteiger partial charge in [-0.3, -0.25) is 0 Å². The summed E-state index contributed by atoms with van der Waals surface area (Å²) < 4.78 is 8.92. The Balaban J connectivity index is 3.17. The second-order valence-corrected chi connectivity index (χ2v) is 2.37. The van der Waals surface area contributed by atoms with Gasteiger partial charge in [-0.15, -0.1) is 0 Å². The Kier molecular flexibility index (Phi) is 5.97. The number of alkyl halides is 1. The number of hydrogen-bond acceptors (Lipinski definition) is 4. The van der Waals surface area contributed by atoms with E-state index in [1.54, 1.807) is 0 Å². The van der Waals surface area contributed by atoms with Crippen LogP contribution in [0.25, 0.3) is 0 Å². The maximum atomic E-state index is 10.5. The van der Waals surface area contributed by atoms with Gasteiger partial charge in [0, 0.05) is 6.54 Å². The summed E-state index contributed by atoms with van der Waals surface area (Å²) in [5, 5.41) is 0. The summed E-state index contributed by atoms with van der Waals surface area (Å²) in [6.07, 6.45) is -0.721. The molecule has 0 heterocycles. The van der Waals surface area contributed by atoms with Crippen LogP contribution in [0.5, 0.6) is 0 Å². The fourth-order valence-corrected chi connectivity index (χ4v) is 0.487. The molecule has 0 aliphatic rings. The summed E-state index contributed by atoms with van der Waals surface area (Å²) in [5.41, 5.74) is 0. The molecule has 0 spiro atoms. The highest BCUT2D eigenvalue weighted by Gasteiger charge is 2.01. The molecule has 0 aromatic carbocycles. The van der Waals surface area contributed by atoms with E-state index in [0.29, 0.717) is 13.2 Å². The first-order chi connectivity index (χ1) is 5.16. The van der Waals surface area contributed by atoms with Gasteiger partial charge in [0.15, 0.2) is 6.07 Å². The van der Waals surface area contributed by atoms with Gasteiger partial charge in [0.2, 0.25) is 0 Å². The lowest BCUT2D eigenvalue weighted by Gasteiger charge is -2.08. The molecule has 0 bridgehead atoms. The lowest BCUT2D eigenvalue weighted by Crippen LogP contribution is -2.20. The Morgan fingerprint density at radius 3 is 2.55 bits per heavy atom. The number of ether oxygens (including phenoxy) is 2. The maximum Gasteiger partial charge on any atom is 0.509 e. The van der Waals surface area contributed by atoms with E-state index < -0.39 is 6.16 Å². The molecule has 4 nitrogen and oxygen atoms in total. The summed E-state index contributed by atoms with van der Waals surface area (Å²) in [6.45, 7) is 1.00. The molecular formula is C6H12ClNO3. The van der Waals surface area contributed by atoms with Crippen LogP contribution >= 0.6 is 11.6 Å². The smallest absolute Gasteiger partial charge is 0.433 e. The van der Waals surface area contributed by atoms with Crippen molar-refractivity contribution in [2.24, 2.45) is 0 Å². The third kappa shape index (κ3) is 7.42. The topological polar surface area (TPSA) is 38.8 Å². The molecule has 5 heteroatoms. The second-order valence-electron chi connectivity index (χ2n) is 2.16. The lowest BCUT2D eigenvalue weighted by molar-refractivity contribution is 0.0632. The normalized spacial score (nSPS) is 9.82. The minimum atomic E-state index is -0.721. The van der Waals surface area contributed by atoms with Gasteiger partial charge in [-0.25, -0.2) is 4.79 Å². The Morgan fingerprint density at radius 1 is 1.45 bits per heavy atom. The molecule has 0 N–H and O–H groups in total. The fourth-order valence-electron chi connectivity index (χ4n) is 0.398. The first-order valence-electron chi connectivity index (χ1n) is 3.17. The van der Waals surface area contributed by atoms with Gasteiger partial charge in [-0.1, -0.05) is 11.6 Å². The first-order valence-corrected chi connectivity index (χ1v) is 3.70. The molecule has 66 valence electrons. The summed E-state index contributed by atoms with van der Waals surface area (Å²) in [5.74, 6) is 0. The van der Waals surface area contributed by atoms with Crippen molar-refractivity contribution < 1.29 is 14.3 Å². The van der Waals surface area contributed by atoms with Gasteiger partial charge in [0.25, 0.3) is 0 Å². The van der Waals surface area contributed by atoms with Crippen molar-refractivity contribution >= 4 is 17.8 Å². The summed E-state index contributed by atoms with van der Waals surface area (Å²) >= 11 is 5.10. The SMILES string of the molecule is CN(C)CCOC(=O)OCCl. The highest BCUT2D eigenvalue weighted by atomic mass is 35.5. The van der Waals surface area contributed by atoms with Crippen LogP contribution in [0.2, 0.25) is 0 Å². The van der Waals surface area contributed by atoms with Crippen molar-refractivity contribution in [3.05, 3.63) is 0 Å². The minimum absolute atomic E-state index is 0.166. The second kappa shape index (κ2) is 6.24. The number of hydrogen-bond donors (Lipinski definition) is 0. The predicted molar refractivity (Wildman–Crippen MR) is 41.7 cm³/mol. The number of carbonyl (C=O) groups is 1. The van der Waals surface area contributed by atoms with E-state index >= 15 is 0 Å². The summed E-state index contributed by atoms with van der Waals surface area (Å²) in [6, 6.07) is -0.166. The van der Waals surface area contributed by atoms with E-state index in [9.17, 15) is 4.79 Å². The predicted octanol–water partition coefficient (Wildman–Crippen LogP) is 0.897. The van der Waals surface area contributed by atoms with E-state index in [1.165, 1.54) is 0 Å². The van der Waals surface area contributed by atoms with E-state index in [4.69, 9.17) is 11.6 Å². The van der Waals surface area contributed by atoms with Crippen LogP contribution in [0, 0.1) is 0 Å². The van der Waals surface area contributed by atoms with Gasteiger partial charge in [-0.05, 0) is 14.1 Å². The summed E-state index contributed by atoms with van der Waals surface area (Å²) in [4.78, 5) is 12.4. The molecule has 0 fully saturated rings. The molecule has 0 aromatic heterocycles. The first kappa shape index (κ1) is 10.5. The number of halogens is 1. The zero-order valence-corrected chi connectivity index (χ0v) is 7.43. The number of nitrogens with zero attached hydrogens (tertiary/aromatic N) is 1. The zero-order chi connectivity index (χ0) is 8.69. The molecule has 0 atom stereocenters. The molecule has 11 heavy (non-hydrogen) atoms. The van der Waals surface area contributed by atoms with Crippen LogP contribution in [0.15, 0.2) is 0 Å². The molecule has 0 aliphatic heterocycles. The van der Waals surface area contributed by atoms with E-state index in [1.807, 2.05) is 19.0 Å². The molecule has 0 saturated carbocycles. The molecule has 0 saturated heterocycles. The lowest BCUT2D eigenvalue weighted by atomic mass is 10.6. The Bertz CT molecular complexity index is 118. The van der Waals surface area contributed by atoms with Crippen LogP contribution in [-0.2, 0) is 9.47 Å². The van der Waals surface area contributed by atoms with Crippen LogP contribution in [0.3, 0.4) is 0 Å². The van der Waals surface area contributed by atoms with Gasteiger partial charge in [0.05, 0.1) is 0 Å². The van der Waals surface area contributed by atoms with E-state index in [0.717, 1.165) is 0 Å². The van der Waals surface area contributed by atoms with E-state index in [-0.39, 0.29) is 6.07 Å². The average Bonchev–Trinajstić information content (AvgIpc) is 1.87. The largest absolute Gasteiger partial charge is 0.509 e. The van der Waals surface area contributed by atoms with Crippen molar-refractivity contribution in [3.8, 4) is 0 Å². The molecule has 0 unspecified atom stereocenters. The third-order valence-corrected chi connectivity index (χ3v) is 1.04. The van der Waals surface area contributed by atoms with Gasteiger partial charge in [0.1, 0.15) is 6.61 Å². The van der Waals surface area contributed by atoms with Gasteiger partial charge >= 0.3 is 6.16 Å². The number of rotatable bonds is 4. The minimum Gasteiger partial charge on any atom is -0.433 e. The van der Waals surface area contributed by atoms with Crippen molar-refractivity contribution in [1.29, 1.82) is 0 Å². The van der Waals surface area contributed by atoms with E-state index in [2.05, 4.69) is 9.47 Å². The van der Waals surface area contributed by atoms with Gasteiger partial charge < -0.3 is 14.4 Å². The van der Waals surface area contributed by atoms with Gasteiger partial charge in [-0.2, -0.15) is 0 Å². The standard InChI is InChI=1S/C6H12ClNO3/c1-8(2)3-4-10-6(9)11-5-7/h3-5H2,1-2H3. The molecule has 0 aliphatic carbocycles. The molecule has 0 aromatic rings. The van der Waals surface area contributed by atoms with Crippen molar-refractivity contribution in [3.63, 3.8) is 0 Å². The highest BCUT2D eigenvalue weighted by Crippen LogP contribution is 1.87. The Labute approximate surface area is 71.0 Å². The van der Waals surface area contributed by atoms with Crippen molar-refractivity contribution in [1.82, 2.24) is 4.90 Å². The quantitative estimate of drug-likeness (QED) is 0.477. The number of carbonyl (C=O) groups excluding carboxylic acids is 1.